The zero-order valence-electron chi connectivity index (χ0n) is 11.0. The standard InChI is InChI=1S/C12H14N4O3S/c1-12(2,10(13)19)16-8-3-4-14-5-7(8)15-11(16)20-6-9(17)18/h3-5H,6H2,1-2H3,(H2,13,19)(H,17,18). The van der Waals surface area contributed by atoms with Crippen LogP contribution < -0.4 is 5.73 Å². The van der Waals surface area contributed by atoms with E-state index in [1.165, 1.54) is 0 Å². The molecule has 1 amide bonds. The van der Waals surface area contributed by atoms with Crippen LogP contribution in [-0.2, 0) is 15.1 Å². The number of hydrogen-bond acceptors (Lipinski definition) is 5. The number of nitrogens with zero attached hydrogens (tertiary/aromatic N) is 3. The van der Waals surface area contributed by atoms with Crippen LogP contribution in [0.4, 0.5) is 0 Å². The van der Waals surface area contributed by atoms with Gasteiger partial charge in [0.25, 0.3) is 0 Å². The summed E-state index contributed by atoms with van der Waals surface area (Å²) in [7, 11) is 0. The first-order chi connectivity index (χ1) is 9.34. The number of thioether (sulfide) groups is 1. The van der Waals surface area contributed by atoms with E-state index in [-0.39, 0.29) is 5.75 Å². The highest BCUT2D eigenvalue weighted by molar-refractivity contribution is 7.99. The lowest BCUT2D eigenvalue weighted by Crippen LogP contribution is -2.41. The van der Waals surface area contributed by atoms with E-state index >= 15 is 0 Å². The van der Waals surface area contributed by atoms with Crippen molar-refractivity contribution in [2.75, 3.05) is 5.75 Å². The molecule has 0 unspecified atom stereocenters. The summed E-state index contributed by atoms with van der Waals surface area (Å²) in [6.45, 7) is 3.34. The number of pyridine rings is 1. The number of carbonyl (C=O) groups excluding carboxylic acids is 1. The first kappa shape index (κ1) is 14.3. The van der Waals surface area contributed by atoms with E-state index in [1.807, 2.05) is 0 Å². The molecular weight excluding hydrogens is 280 g/mol. The number of amides is 1. The molecule has 0 fully saturated rings. The van der Waals surface area contributed by atoms with Crippen molar-refractivity contribution in [3.05, 3.63) is 18.5 Å². The van der Waals surface area contributed by atoms with Gasteiger partial charge in [-0.15, -0.1) is 0 Å². The van der Waals surface area contributed by atoms with Gasteiger partial charge < -0.3 is 15.4 Å². The highest BCUT2D eigenvalue weighted by Crippen LogP contribution is 2.30. The fourth-order valence-corrected chi connectivity index (χ4v) is 2.65. The lowest BCUT2D eigenvalue weighted by Gasteiger charge is -2.25. The van der Waals surface area contributed by atoms with Crippen molar-refractivity contribution in [1.29, 1.82) is 0 Å². The largest absolute Gasteiger partial charge is 0.481 e. The van der Waals surface area contributed by atoms with Crippen molar-refractivity contribution in [3.63, 3.8) is 0 Å². The third kappa shape index (κ3) is 2.46. The van der Waals surface area contributed by atoms with Gasteiger partial charge in [0.2, 0.25) is 5.91 Å². The van der Waals surface area contributed by atoms with Gasteiger partial charge >= 0.3 is 5.97 Å². The van der Waals surface area contributed by atoms with E-state index < -0.39 is 17.4 Å². The van der Waals surface area contributed by atoms with E-state index in [0.29, 0.717) is 16.2 Å². The second kappa shape index (κ2) is 5.12. The molecule has 2 aromatic heterocycles. The SMILES string of the molecule is CC(C)(C(N)=O)n1c(SCC(=O)O)nc2cnccc21. The predicted molar refractivity (Wildman–Crippen MR) is 74.4 cm³/mol. The number of aromatic nitrogens is 3. The van der Waals surface area contributed by atoms with Crippen molar-refractivity contribution in [2.45, 2.75) is 24.5 Å². The van der Waals surface area contributed by atoms with Crippen LogP contribution in [0.3, 0.4) is 0 Å². The van der Waals surface area contributed by atoms with E-state index in [1.54, 1.807) is 36.9 Å². The van der Waals surface area contributed by atoms with E-state index in [2.05, 4.69) is 9.97 Å². The van der Waals surface area contributed by atoms with Gasteiger partial charge in [-0.25, -0.2) is 4.98 Å². The van der Waals surface area contributed by atoms with Crippen molar-refractivity contribution >= 4 is 34.7 Å². The third-order valence-corrected chi connectivity index (χ3v) is 3.84. The molecule has 0 radical (unpaired) electrons. The highest BCUT2D eigenvalue weighted by Gasteiger charge is 2.32. The molecule has 0 atom stereocenters. The molecule has 106 valence electrons. The summed E-state index contributed by atoms with van der Waals surface area (Å²) in [5.41, 5.74) is 5.72. The summed E-state index contributed by atoms with van der Waals surface area (Å²) in [5.74, 6) is -1.62. The monoisotopic (exact) mass is 294 g/mol. The highest BCUT2D eigenvalue weighted by atomic mass is 32.2. The van der Waals surface area contributed by atoms with Crippen molar-refractivity contribution in [1.82, 2.24) is 14.5 Å². The first-order valence-corrected chi connectivity index (χ1v) is 6.80. The number of carboxylic acids is 1. The third-order valence-electron chi connectivity index (χ3n) is 2.91. The number of carbonyl (C=O) groups is 2. The fourth-order valence-electron chi connectivity index (χ4n) is 1.78. The summed E-state index contributed by atoms with van der Waals surface area (Å²) in [4.78, 5) is 30.7. The number of aliphatic carboxylic acids is 1. The Morgan fingerprint density at radius 1 is 1.50 bits per heavy atom. The molecule has 20 heavy (non-hydrogen) atoms. The molecule has 0 saturated carbocycles. The Balaban J connectivity index is 2.61. The maximum Gasteiger partial charge on any atom is 0.313 e. The molecule has 2 aromatic rings. The second-order valence-corrected chi connectivity index (χ2v) is 5.64. The average Bonchev–Trinajstić information content (AvgIpc) is 2.74. The van der Waals surface area contributed by atoms with Crippen LogP contribution in [0.2, 0.25) is 0 Å². The molecule has 0 aliphatic rings. The topological polar surface area (TPSA) is 111 Å². The molecule has 8 heteroatoms. The van der Waals surface area contributed by atoms with Crippen LogP contribution in [0.1, 0.15) is 13.8 Å². The maximum atomic E-state index is 11.7. The summed E-state index contributed by atoms with van der Waals surface area (Å²) in [5, 5.41) is 9.22. The molecule has 0 spiro atoms. The normalized spacial score (nSPS) is 11.7. The molecule has 7 nitrogen and oxygen atoms in total. The summed E-state index contributed by atoms with van der Waals surface area (Å²) < 4.78 is 1.65. The van der Waals surface area contributed by atoms with Crippen LogP contribution in [0.5, 0.6) is 0 Å². The molecule has 0 aliphatic heterocycles. The number of rotatable bonds is 5. The van der Waals surface area contributed by atoms with Gasteiger partial charge in [-0.05, 0) is 19.9 Å². The molecule has 0 bridgehead atoms. The number of primary amides is 1. The van der Waals surface area contributed by atoms with Gasteiger partial charge in [0.1, 0.15) is 11.1 Å². The Labute approximate surface area is 119 Å². The Morgan fingerprint density at radius 3 is 2.80 bits per heavy atom. The lowest BCUT2D eigenvalue weighted by molar-refractivity contribution is -0.133. The molecule has 2 heterocycles. The zero-order valence-corrected chi connectivity index (χ0v) is 11.8. The molecule has 0 saturated heterocycles. The van der Waals surface area contributed by atoms with Gasteiger partial charge in [-0.1, -0.05) is 11.8 Å². The maximum absolute atomic E-state index is 11.7. The Hall–Kier alpha value is -2.09. The average molecular weight is 294 g/mol. The summed E-state index contributed by atoms with van der Waals surface area (Å²) in [6.07, 6.45) is 3.15. The predicted octanol–water partition coefficient (Wildman–Crippen LogP) is 0.828. The number of carboxylic acid groups (broad SMARTS) is 1. The lowest BCUT2D eigenvalue weighted by atomic mass is 10.0. The Morgan fingerprint density at radius 2 is 2.20 bits per heavy atom. The van der Waals surface area contributed by atoms with Crippen LogP contribution in [-0.4, -0.2) is 37.3 Å². The van der Waals surface area contributed by atoms with Gasteiger partial charge in [0.15, 0.2) is 5.16 Å². The molecule has 0 aromatic carbocycles. The zero-order chi connectivity index (χ0) is 14.9. The fraction of sp³-hybridized carbons (Fsp3) is 0.333. The van der Waals surface area contributed by atoms with E-state index in [4.69, 9.17) is 10.8 Å². The summed E-state index contributed by atoms with van der Waals surface area (Å²) in [6, 6.07) is 1.72. The minimum atomic E-state index is -1.02. The molecular formula is C12H14N4O3S. The Kier molecular flexibility index (Phi) is 3.67. The molecule has 3 N–H and O–H groups in total. The van der Waals surface area contributed by atoms with Gasteiger partial charge in [-0.3, -0.25) is 14.6 Å². The van der Waals surface area contributed by atoms with Crippen molar-refractivity contribution in [3.8, 4) is 0 Å². The smallest absolute Gasteiger partial charge is 0.313 e. The number of nitrogens with two attached hydrogens (primary N) is 1. The van der Waals surface area contributed by atoms with E-state index in [0.717, 1.165) is 11.8 Å². The summed E-state index contributed by atoms with van der Waals surface area (Å²) >= 11 is 1.04. The van der Waals surface area contributed by atoms with Crippen LogP contribution in [0, 0.1) is 0 Å². The van der Waals surface area contributed by atoms with Crippen molar-refractivity contribution < 1.29 is 14.7 Å². The van der Waals surface area contributed by atoms with Crippen LogP contribution >= 0.6 is 11.8 Å². The first-order valence-electron chi connectivity index (χ1n) is 5.81. The Bertz CT molecular complexity index is 680. The van der Waals surface area contributed by atoms with Gasteiger partial charge in [0.05, 0.1) is 17.5 Å². The number of hydrogen-bond donors (Lipinski definition) is 2. The second-order valence-electron chi connectivity index (χ2n) is 4.70. The quantitative estimate of drug-likeness (QED) is 0.790. The van der Waals surface area contributed by atoms with Crippen LogP contribution in [0.15, 0.2) is 23.6 Å². The van der Waals surface area contributed by atoms with Gasteiger partial charge in [-0.2, -0.15) is 0 Å². The van der Waals surface area contributed by atoms with Crippen LogP contribution in [0.25, 0.3) is 11.0 Å². The number of imidazole rings is 1. The van der Waals surface area contributed by atoms with Gasteiger partial charge in [0, 0.05) is 6.20 Å². The van der Waals surface area contributed by atoms with E-state index in [9.17, 15) is 9.59 Å². The van der Waals surface area contributed by atoms with Crippen molar-refractivity contribution in [2.24, 2.45) is 5.73 Å². The minimum absolute atomic E-state index is 0.147. The minimum Gasteiger partial charge on any atom is -0.481 e. The number of fused-ring (bicyclic) bond motifs is 1. The molecule has 0 aliphatic carbocycles. The molecule has 2 rings (SSSR count).